The molecule has 5 nitrogen and oxygen atoms in total. The molecule has 1 aromatic rings. The van der Waals surface area contributed by atoms with E-state index in [0.29, 0.717) is 6.07 Å². The molecule has 0 radical (unpaired) electrons. The fourth-order valence-electron chi connectivity index (χ4n) is 0.987. The Morgan fingerprint density at radius 3 is 2.72 bits per heavy atom. The van der Waals surface area contributed by atoms with Crippen LogP contribution in [0.25, 0.3) is 0 Å². The Bertz CT molecular complexity index is 515. The topological polar surface area (TPSA) is 77.0 Å². The van der Waals surface area contributed by atoms with Crippen LogP contribution in [0, 0.1) is 23.0 Å². The number of hydrazine groups is 1. The Hall–Kier alpha value is -2.27. The van der Waals surface area contributed by atoms with Gasteiger partial charge in [0.2, 0.25) is 0 Å². The lowest BCUT2D eigenvalue weighted by Gasteiger charge is -2.11. The van der Waals surface area contributed by atoms with Gasteiger partial charge in [-0.1, -0.05) is 0 Å². The fraction of sp³-hybridized carbons (Fsp3) is 0.100. The van der Waals surface area contributed by atoms with E-state index in [-0.39, 0.29) is 17.2 Å². The first-order valence-electron chi connectivity index (χ1n) is 4.70. The van der Waals surface area contributed by atoms with Gasteiger partial charge in [0.25, 0.3) is 5.91 Å². The predicted molar refractivity (Wildman–Crippen MR) is 64.1 cm³/mol. The van der Waals surface area contributed by atoms with Crippen LogP contribution in [-0.4, -0.2) is 11.0 Å². The maximum atomic E-state index is 13.2. The Balaban J connectivity index is 2.50. The minimum absolute atomic E-state index is 0.0385. The first-order valence-corrected chi connectivity index (χ1v) is 5.11. The van der Waals surface area contributed by atoms with Crippen molar-refractivity contribution < 1.29 is 13.6 Å². The number of hydrogen-bond donors (Lipinski definition) is 3. The number of halogens is 2. The summed E-state index contributed by atoms with van der Waals surface area (Å²) in [6, 6.07) is 4.55. The third-order valence-electron chi connectivity index (χ3n) is 1.73. The van der Waals surface area contributed by atoms with Gasteiger partial charge in [0, 0.05) is 6.07 Å². The number of carbonyl (C=O) groups is 1. The molecule has 0 saturated carbocycles. The Kier molecular flexibility index (Phi) is 4.95. The molecule has 0 aliphatic carbocycles. The van der Waals surface area contributed by atoms with Crippen molar-refractivity contribution in [3.05, 3.63) is 29.8 Å². The van der Waals surface area contributed by atoms with Crippen LogP contribution in [0.5, 0.6) is 0 Å². The van der Waals surface area contributed by atoms with E-state index < -0.39 is 17.5 Å². The summed E-state index contributed by atoms with van der Waals surface area (Å²) in [5.74, 6) is -2.11. The average Bonchev–Trinajstić information content (AvgIpc) is 2.31. The molecule has 0 fully saturated rings. The van der Waals surface area contributed by atoms with Gasteiger partial charge in [0.1, 0.15) is 18.1 Å². The largest absolute Gasteiger partial charge is 0.329 e. The van der Waals surface area contributed by atoms with E-state index in [2.05, 4.69) is 16.2 Å². The minimum atomic E-state index is -0.817. The van der Waals surface area contributed by atoms with Gasteiger partial charge in [-0.25, -0.2) is 8.78 Å². The minimum Gasteiger partial charge on any atom is -0.329 e. The maximum Gasteiger partial charge on any atom is 0.252 e. The molecule has 1 amide bonds. The smallest absolute Gasteiger partial charge is 0.252 e. The van der Waals surface area contributed by atoms with Crippen molar-refractivity contribution in [3.8, 4) is 6.07 Å². The molecule has 0 aliphatic rings. The van der Waals surface area contributed by atoms with Crippen LogP contribution in [-0.2, 0) is 4.79 Å². The third kappa shape index (κ3) is 4.31. The van der Waals surface area contributed by atoms with Gasteiger partial charge in [0.15, 0.2) is 5.11 Å². The third-order valence-corrected chi connectivity index (χ3v) is 1.94. The molecule has 3 N–H and O–H groups in total. The van der Waals surface area contributed by atoms with Crippen LogP contribution in [0.3, 0.4) is 0 Å². The van der Waals surface area contributed by atoms with Crippen LogP contribution < -0.4 is 16.2 Å². The highest BCUT2D eigenvalue weighted by Crippen LogP contribution is 2.14. The van der Waals surface area contributed by atoms with Crippen molar-refractivity contribution in [2.45, 2.75) is 6.42 Å². The molecule has 8 heteroatoms. The van der Waals surface area contributed by atoms with Crippen molar-refractivity contribution in [1.82, 2.24) is 10.9 Å². The molecule has 0 unspecified atom stereocenters. The van der Waals surface area contributed by atoms with E-state index in [0.717, 1.165) is 12.1 Å². The van der Waals surface area contributed by atoms with Crippen molar-refractivity contribution in [2.24, 2.45) is 0 Å². The first-order chi connectivity index (χ1) is 8.52. The second-order valence-corrected chi connectivity index (χ2v) is 3.49. The Morgan fingerprint density at radius 1 is 1.39 bits per heavy atom. The molecule has 0 aromatic heterocycles. The molecule has 0 aliphatic heterocycles. The Morgan fingerprint density at radius 2 is 2.11 bits per heavy atom. The highest BCUT2D eigenvalue weighted by molar-refractivity contribution is 7.80. The van der Waals surface area contributed by atoms with Crippen LogP contribution in [0.2, 0.25) is 0 Å². The lowest BCUT2D eigenvalue weighted by Crippen LogP contribution is -2.43. The number of thiocarbonyl (C=S) groups is 1. The van der Waals surface area contributed by atoms with Crippen molar-refractivity contribution in [2.75, 3.05) is 5.32 Å². The van der Waals surface area contributed by atoms with Gasteiger partial charge < -0.3 is 5.32 Å². The zero-order chi connectivity index (χ0) is 13.5. The zero-order valence-electron chi connectivity index (χ0n) is 8.96. The molecule has 0 heterocycles. The van der Waals surface area contributed by atoms with E-state index >= 15 is 0 Å². The molecule has 1 aromatic carbocycles. The molecule has 94 valence electrons. The second kappa shape index (κ2) is 6.46. The summed E-state index contributed by atoms with van der Waals surface area (Å²) in [4.78, 5) is 10.9. The molecule has 0 bridgehead atoms. The number of anilines is 1. The SMILES string of the molecule is N#CCC(=O)NNC(=S)Nc1ccc(F)cc1F. The molecule has 0 atom stereocenters. The monoisotopic (exact) mass is 270 g/mol. The molecular weight excluding hydrogens is 262 g/mol. The highest BCUT2D eigenvalue weighted by Gasteiger charge is 2.06. The summed E-state index contributed by atoms with van der Waals surface area (Å²) in [5, 5.41) is 10.6. The van der Waals surface area contributed by atoms with Gasteiger partial charge in [-0.15, -0.1) is 0 Å². The predicted octanol–water partition coefficient (Wildman–Crippen LogP) is 1.20. The molecular formula is C10H8F2N4OS. The van der Waals surface area contributed by atoms with Crippen LogP contribution in [0.15, 0.2) is 18.2 Å². The molecule has 18 heavy (non-hydrogen) atoms. The number of nitrogens with zero attached hydrogens (tertiary/aromatic N) is 1. The van der Waals surface area contributed by atoms with Crippen molar-refractivity contribution in [3.63, 3.8) is 0 Å². The lowest BCUT2D eigenvalue weighted by molar-refractivity contribution is -0.120. The van der Waals surface area contributed by atoms with Crippen LogP contribution in [0.4, 0.5) is 14.5 Å². The molecule has 0 spiro atoms. The lowest BCUT2D eigenvalue weighted by atomic mass is 10.3. The van der Waals surface area contributed by atoms with Gasteiger partial charge >= 0.3 is 0 Å². The normalized spacial score (nSPS) is 9.17. The van der Waals surface area contributed by atoms with Crippen LogP contribution >= 0.6 is 12.2 Å². The average molecular weight is 270 g/mol. The molecule has 1 rings (SSSR count). The van der Waals surface area contributed by atoms with Crippen molar-refractivity contribution in [1.29, 1.82) is 5.26 Å². The highest BCUT2D eigenvalue weighted by atomic mass is 32.1. The fourth-order valence-corrected chi connectivity index (χ4v) is 1.15. The second-order valence-electron chi connectivity index (χ2n) is 3.09. The molecule has 0 saturated heterocycles. The summed E-state index contributed by atoms with van der Waals surface area (Å²) in [6.45, 7) is 0. The van der Waals surface area contributed by atoms with Gasteiger partial charge in [-0.3, -0.25) is 15.6 Å². The van der Waals surface area contributed by atoms with E-state index in [1.54, 1.807) is 6.07 Å². The first kappa shape index (κ1) is 13.8. The van der Waals surface area contributed by atoms with E-state index in [1.807, 2.05) is 0 Å². The number of hydrogen-bond acceptors (Lipinski definition) is 3. The van der Waals surface area contributed by atoms with E-state index in [9.17, 15) is 13.6 Å². The summed E-state index contributed by atoms with van der Waals surface area (Å²) in [7, 11) is 0. The number of benzene rings is 1. The summed E-state index contributed by atoms with van der Waals surface area (Å²) in [5.41, 5.74) is 4.35. The number of nitrogens with one attached hydrogen (secondary N) is 3. The quantitative estimate of drug-likeness (QED) is 0.556. The zero-order valence-corrected chi connectivity index (χ0v) is 9.78. The van der Waals surface area contributed by atoms with E-state index in [4.69, 9.17) is 17.5 Å². The number of amides is 1. The van der Waals surface area contributed by atoms with Gasteiger partial charge in [-0.05, 0) is 24.4 Å². The standard InChI is InChI=1S/C10H8F2N4OS/c11-6-1-2-8(7(12)5-6)14-10(18)16-15-9(17)3-4-13/h1-2,5H,3H2,(H,15,17)(H2,14,16,18). The van der Waals surface area contributed by atoms with Crippen molar-refractivity contribution >= 4 is 28.9 Å². The summed E-state index contributed by atoms with van der Waals surface area (Å²) in [6.07, 6.45) is -0.333. The van der Waals surface area contributed by atoms with E-state index in [1.165, 1.54) is 0 Å². The Labute approximate surface area is 107 Å². The summed E-state index contributed by atoms with van der Waals surface area (Å²) >= 11 is 4.75. The number of carbonyl (C=O) groups excluding carboxylic acids is 1. The van der Waals surface area contributed by atoms with Gasteiger partial charge in [0.05, 0.1) is 11.8 Å². The maximum absolute atomic E-state index is 13.2. The number of rotatable bonds is 2. The number of nitriles is 1. The van der Waals surface area contributed by atoms with Crippen LogP contribution in [0.1, 0.15) is 6.42 Å². The van der Waals surface area contributed by atoms with Gasteiger partial charge in [-0.2, -0.15) is 5.26 Å². The summed E-state index contributed by atoms with van der Waals surface area (Å²) < 4.78 is 25.8.